The number of benzene rings is 2. The SMILES string of the molecule is Cc1cccc(C)c1OC(=O)c1cccc(N2C(=O)[C@@H]3[C@H](C2=O)[C@H]2C=C[C@H]3C2)c1. The maximum absolute atomic E-state index is 13.0. The summed E-state index contributed by atoms with van der Waals surface area (Å²) >= 11 is 0. The minimum absolute atomic E-state index is 0.155. The fourth-order valence-corrected chi connectivity index (χ4v) is 5.04. The van der Waals surface area contributed by atoms with Crippen LogP contribution in [0.25, 0.3) is 0 Å². The van der Waals surface area contributed by atoms with Crippen molar-refractivity contribution < 1.29 is 19.1 Å². The second-order valence-corrected chi connectivity index (χ2v) is 8.17. The van der Waals surface area contributed by atoms with E-state index < -0.39 is 5.97 Å². The molecule has 1 heterocycles. The number of nitrogens with zero attached hydrogens (tertiary/aromatic N) is 1. The summed E-state index contributed by atoms with van der Waals surface area (Å²) < 4.78 is 5.61. The average molecular weight is 387 g/mol. The van der Waals surface area contributed by atoms with Gasteiger partial charge in [0.1, 0.15) is 5.75 Å². The highest BCUT2D eigenvalue weighted by Gasteiger charge is 2.59. The number of hydrogen-bond donors (Lipinski definition) is 0. The van der Waals surface area contributed by atoms with Crippen LogP contribution in [-0.2, 0) is 9.59 Å². The van der Waals surface area contributed by atoms with Gasteiger partial charge in [0.15, 0.2) is 0 Å². The number of allylic oxidation sites excluding steroid dienone is 2. The third kappa shape index (κ3) is 2.64. The maximum Gasteiger partial charge on any atom is 0.343 e. The Hall–Kier alpha value is -3.21. The summed E-state index contributed by atoms with van der Waals surface area (Å²) in [4.78, 5) is 40.0. The Kier molecular flexibility index (Phi) is 3.95. The number of hydrogen-bond acceptors (Lipinski definition) is 4. The van der Waals surface area contributed by atoms with E-state index in [1.165, 1.54) is 4.90 Å². The van der Waals surface area contributed by atoms with Gasteiger partial charge in [-0.25, -0.2) is 9.69 Å². The number of aryl methyl sites for hydroxylation is 2. The fourth-order valence-electron chi connectivity index (χ4n) is 5.04. The zero-order valence-corrected chi connectivity index (χ0v) is 16.3. The molecular weight excluding hydrogens is 366 g/mol. The van der Waals surface area contributed by atoms with E-state index in [2.05, 4.69) is 12.2 Å². The molecule has 4 atom stereocenters. The van der Waals surface area contributed by atoms with Crippen molar-refractivity contribution in [2.45, 2.75) is 20.3 Å². The number of carbonyl (C=O) groups is 3. The highest BCUT2D eigenvalue weighted by atomic mass is 16.5. The lowest BCUT2D eigenvalue weighted by molar-refractivity contribution is -0.123. The maximum atomic E-state index is 13.0. The van der Waals surface area contributed by atoms with Crippen LogP contribution in [0.4, 0.5) is 5.69 Å². The molecule has 29 heavy (non-hydrogen) atoms. The topological polar surface area (TPSA) is 63.7 Å². The van der Waals surface area contributed by atoms with E-state index >= 15 is 0 Å². The van der Waals surface area contributed by atoms with E-state index in [4.69, 9.17) is 4.74 Å². The number of amides is 2. The van der Waals surface area contributed by atoms with Gasteiger partial charge in [0.05, 0.1) is 23.1 Å². The van der Waals surface area contributed by atoms with Crippen LogP contribution in [-0.4, -0.2) is 17.8 Å². The summed E-state index contributed by atoms with van der Waals surface area (Å²) in [6.45, 7) is 3.77. The molecule has 0 radical (unpaired) electrons. The van der Waals surface area contributed by atoms with E-state index in [9.17, 15) is 14.4 Å². The summed E-state index contributed by atoms with van der Waals surface area (Å²) in [5.74, 6) is -0.495. The van der Waals surface area contributed by atoms with Gasteiger partial charge in [0.2, 0.25) is 11.8 Å². The van der Waals surface area contributed by atoms with Crippen molar-refractivity contribution in [2.24, 2.45) is 23.7 Å². The molecule has 0 unspecified atom stereocenters. The van der Waals surface area contributed by atoms with Gasteiger partial charge in [0.25, 0.3) is 0 Å². The number of ether oxygens (including phenoxy) is 1. The quantitative estimate of drug-likeness (QED) is 0.347. The van der Waals surface area contributed by atoms with Gasteiger partial charge in [0, 0.05) is 0 Å². The molecule has 0 spiro atoms. The molecule has 1 aliphatic heterocycles. The van der Waals surface area contributed by atoms with Crippen LogP contribution in [0.1, 0.15) is 27.9 Å². The van der Waals surface area contributed by atoms with Gasteiger partial charge in [-0.2, -0.15) is 0 Å². The first-order chi connectivity index (χ1) is 14.0. The first kappa shape index (κ1) is 17.9. The van der Waals surface area contributed by atoms with Crippen LogP contribution >= 0.6 is 0 Å². The van der Waals surface area contributed by atoms with Crippen molar-refractivity contribution in [1.82, 2.24) is 0 Å². The zero-order valence-electron chi connectivity index (χ0n) is 16.3. The van der Waals surface area contributed by atoms with Crippen LogP contribution in [0.5, 0.6) is 5.75 Å². The van der Waals surface area contributed by atoms with E-state index in [0.717, 1.165) is 17.5 Å². The first-order valence-corrected chi connectivity index (χ1v) is 9.90. The smallest absolute Gasteiger partial charge is 0.343 e. The minimum atomic E-state index is -0.509. The minimum Gasteiger partial charge on any atom is -0.422 e. The molecular formula is C24H21NO4. The van der Waals surface area contributed by atoms with E-state index in [1.807, 2.05) is 32.0 Å². The third-order valence-electron chi connectivity index (χ3n) is 6.41. The van der Waals surface area contributed by atoms with Gasteiger partial charge in [-0.05, 0) is 61.4 Å². The number of carbonyl (C=O) groups excluding carboxylic acids is 3. The summed E-state index contributed by atoms with van der Waals surface area (Å²) in [5.41, 5.74) is 2.49. The van der Waals surface area contributed by atoms with Crippen molar-refractivity contribution in [1.29, 1.82) is 0 Å². The van der Waals surface area contributed by atoms with Gasteiger partial charge < -0.3 is 4.74 Å². The Morgan fingerprint density at radius 3 is 2.14 bits per heavy atom. The highest BCUT2D eigenvalue weighted by Crippen LogP contribution is 2.53. The summed E-state index contributed by atoms with van der Waals surface area (Å²) in [6.07, 6.45) is 5.03. The molecule has 2 aromatic rings. The highest BCUT2D eigenvalue weighted by molar-refractivity contribution is 6.23. The first-order valence-electron chi connectivity index (χ1n) is 9.90. The molecule has 1 saturated carbocycles. The van der Waals surface area contributed by atoms with Crippen molar-refractivity contribution in [3.05, 3.63) is 71.3 Å². The van der Waals surface area contributed by atoms with Crippen LogP contribution in [0.15, 0.2) is 54.6 Å². The Balaban J connectivity index is 1.43. The van der Waals surface area contributed by atoms with Crippen molar-refractivity contribution in [3.8, 4) is 5.75 Å². The second-order valence-electron chi connectivity index (χ2n) is 8.17. The van der Waals surface area contributed by atoms with Crippen molar-refractivity contribution >= 4 is 23.5 Å². The molecule has 2 aromatic carbocycles. The number of imide groups is 1. The molecule has 0 aromatic heterocycles. The molecule has 2 aliphatic carbocycles. The van der Waals surface area contributed by atoms with Crippen LogP contribution < -0.4 is 9.64 Å². The molecule has 3 aliphatic rings. The molecule has 5 nitrogen and oxygen atoms in total. The van der Waals surface area contributed by atoms with Gasteiger partial charge in [-0.3, -0.25) is 9.59 Å². The number of rotatable bonds is 3. The predicted octanol–water partition coefficient (Wildman–Crippen LogP) is 3.83. The molecule has 2 fully saturated rings. The molecule has 146 valence electrons. The predicted molar refractivity (Wildman–Crippen MR) is 108 cm³/mol. The fraction of sp³-hybridized carbons (Fsp3) is 0.292. The summed E-state index contributed by atoms with van der Waals surface area (Å²) in [7, 11) is 0. The summed E-state index contributed by atoms with van der Waals surface area (Å²) in [5, 5.41) is 0. The van der Waals surface area contributed by atoms with E-state index in [-0.39, 0.29) is 35.5 Å². The van der Waals surface area contributed by atoms with Gasteiger partial charge in [-0.15, -0.1) is 0 Å². The molecule has 2 bridgehead atoms. The Labute approximate surface area is 169 Å². The molecule has 1 saturated heterocycles. The third-order valence-corrected chi connectivity index (χ3v) is 6.41. The normalized spacial score (nSPS) is 26.9. The lowest BCUT2D eigenvalue weighted by Gasteiger charge is -2.18. The monoisotopic (exact) mass is 387 g/mol. The largest absolute Gasteiger partial charge is 0.422 e. The van der Waals surface area contributed by atoms with Crippen LogP contribution in [0.3, 0.4) is 0 Å². The van der Waals surface area contributed by atoms with Crippen molar-refractivity contribution in [2.75, 3.05) is 4.90 Å². The van der Waals surface area contributed by atoms with Crippen LogP contribution in [0, 0.1) is 37.5 Å². The van der Waals surface area contributed by atoms with Crippen LogP contribution in [0.2, 0.25) is 0 Å². The van der Waals surface area contributed by atoms with E-state index in [1.54, 1.807) is 24.3 Å². The van der Waals surface area contributed by atoms with Gasteiger partial charge >= 0.3 is 5.97 Å². The lowest BCUT2D eigenvalue weighted by Crippen LogP contribution is -2.33. The van der Waals surface area contributed by atoms with E-state index in [0.29, 0.717) is 17.0 Å². The molecule has 5 heteroatoms. The second kappa shape index (κ2) is 6.41. The number of esters is 1. The Morgan fingerprint density at radius 1 is 0.931 bits per heavy atom. The molecule has 5 rings (SSSR count). The number of anilines is 1. The molecule has 0 N–H and O–H groups in total. The average Bonchev–Trinajstić information content (AvgIpc) is 3.38. The van der Waals surface area contributed by atoms with Crippen molar-refractivity contribution in [3.63, 3.8) is 0 Å². The Morgan fingerprint density at radius 2 is 1.52 bits per heavy atom. The van der Waals surface area contributed by atoms with Gasteiger partial charge in [-0.1, -0.05) is 36.4 Å². The number of para-hydroxylation sites is 1. The summed E-state index contributed by atoms with van der Waals surface area (Å²) in [6, 6.07) is 12.3. The zero-order chi connectivity index (χ0) is 20.3. The number of fused-ring (bicyclic) bond motifs is 5. The Bertz CT molecular complexity index is 1040. The standard InChI is InChI=1S/C24H21NO4/c1-13-5-3-6-14(2)21(13)29-24(28)17-7-4-8-18(12-17)25-22(26)19-15-9-10-16(11-15)20(19)23(25)27/h3-10,12,15-16,19-20H,11H2,1-2H3/t15-,16-,19-,20+/m0/s1. The lowest BCUT2D eigenvalue weighted by atomic mass is 9.85. The molecule has 2 amide bonds.